The van der Waals surface area contributed by atoms with Gasteiger partial charge in [-0.05, 0) is 58.7 Å². The van der Waals surface area contributed by atoms with Gasteiger partial charge in [0.1, 0.15) is 0 Å². The largest absolute Gasteiger partial charge is 0.452 e. The number of esters is 1. The second kappa shape index (κ2) is 7.97. The number of carbonyl (C=O) groups is 2. The quantitative estimate of drug-likeness (QED) is 0.792. The number of hydrogen-bond acceptors (Lipinski definition) is 4. The number of anilines is 2. The lowest BCUT2D eigenvalue weighted by Gasteiger charge is -2.13. The van der Waals surface area contributed by atoms with Gasteiger partial charge in [-0.3, -0.25) is 4.79 Å². The first-order chi connectivity index (χ1) is 11.4. The summed E-state index contributed by atoms with van der Waals surface area (Å²) in [5.41, 5.74) is 3.01. The third kappa shape index (κ3) is 4.83. The van der Waals surface area contributed by atoms with Crippen molar-refractivity contribution in [2.24, 2.45) is 0 Å². The van der Waals surface area contributed by atoms with Crippen LogP contribution in [0.3, 0.4) is 0 Å². The highest BCUT2D eigenvalue weighted by atomic mass is 79.9. The van der Waals surface area contributed by atoms with Crippen molar-refractivity contribution in [2.75, 3.05) is 30.9 Å². The maximum Gasteiger partial charge on any atom is 0.338 e. The maximum absolute atomic E-state index is 12.1. The van der Waals surface area contributed by atoms with Crippen molar-refractivity contribution in [2.45, 2.75) is 6.92 Å². The van der Waals surface area contributed by atoms with Gasteiger partial charge in [0.15, 0.2) is 6.61 Å². The normalized spacial score (nSPS) is 10.2. The van der Waals surface area contributed by atoms with Crippen LogP contribution < -0.4 is 10.2 Å². The molecule has 24 heavy (non-hydrogen) atoms. The van der Waals surface area contributed by atoms with Crippen LogP contribution in [-0.2, 0) is 9.53 Å². The Morgan fingerprint density at radius 3 is 2.58 bits per heavy atom. The first-order valence-electron chi connectivity index (χ1n) is 7.37. The van der Waals surface area contributed by atoms with Gasteiger partial charge in [0, 0.05) is 24.3 Å². The number of hydrogen-bond donors (Lipinski definition) is 1. The highest BCUT2D eigenvalue weighted by Crippen LogP contribution is 2.23. The van der Waals surface area contributed by atoms with Gasteiger partial charge in [0.2, 0.25) is 0 Å². The Balaban J connectivity index is 1.93. The number of halogens is 1. The van der Waals surface area contributed by atoms with Crippen LogP contribution in [0.25, 0.3) is 0 Å². The van der Waals surface area contributed by atoms with E-state index in [1.807, 2.05) is 44.1 Å². The molecule has 1 N–H and O–H groups in total. The summed E-state index contributed by atoms with van der Waals surface area (Å²) < 4.78 is 5.85. The van der Waals surface area contributed by atoms with Gasteiger partial charge < -0.3 is 15.0 Å². The minimum absolute atomic E-state index is 0.342. The lowest BCUT2D eigenvalue weighted by Crippen LogP contribution is -2.21. The standard InChI is InChI=1S/C18H19BrN2O3/c1-12-7-8-16(15(19)9-12)20-17(22)11-24-18(23)13-5-4-6-14(10-13)21(2)3/h4-10H,11H2,1-3H3,(H,20,22). The van der Waals surface area contributed by atoms with Crippen molar-refractivity contribution < 1.29 is 14.3 Å². The van der Waals surface area contributed by atoms with Gasteiger partial charge in [-0.15, -0.1) is 0 Å². The van der Waals surface area contributed by atoms with Gasteiger partial charge >= 0.3 is 5.97 Å². The van der Waals surface area contributed by atoms with Crippen LogP contribution in [0.5, 0.6) is 0 Å². The summed E-state index contributed by atoms with van der Waals surface area (Å²) in [7, 11) is 3.77. The molecule has 0 aliphatic heterocycles. The van der Waals surface area contributed by atoms with E-state index in [2.05, 4.69) is 21.2 Å². The van der Waals surface area contributed by atoms with E-state index >= 15 is 0 Å². The molecule has 0 bridgehead atoms. The van der Waals surface area contributed by atoms with E-state index < -0.39 is 11.9 Å². The lowest BCUT2D eigenvalue weighted by molar-refractivity contribution is -0.119. The number of nitrogens with zero attached hydrogens (tertiary/aromatic N) is 1. The SMILES string of the molecule is Cc1ccc(NC(=O)COC(=O)c2cccc(N(C)C)c2)c(Br)c1. The van der Waals surface area contributed by atoms with Crippen LogP contribution in [0, 0.1) is 6.92 Å². The Morgan fingerprint density at radius 1 is 1.17 bits per heavy atom. The zero-order valence-electron chi connectivity index (χ0n) is 13.8. The van der Waals surface area contributed by atoms with Crippen molar-refractivity contribution >= 4 is 39.2 Å². The Morgan fingerprint density at radius 2 is 1.92 bits per heavy atom. The van der Waals surface area contributed by atoms with Crippen molar-refractivity contribution in [3.63, 3.8) is 0 Å². The van der Waals surface area contributed by atoms with Crippen molar-refractivity contribution in [3.8, 4) is 0 Å². The number of ether oxygens (including phenoxy) is 1. The molecule has 0 spiro atoms. The Bertz CT molecular complexity index is 760. The molecule has 0 unspecified atom stereocenters. The number of nitrogens with one attached hydrogen (secondary N) is 1. The van der Waals surface area contributed by atoms with E-state index in [1.165, 1.54) is 0 Å². The molecular weight excluding hydrogens is 372 g/mol. The molecule has 1 amide bonds. The van der Waals surface area contributed by atoms with Crippen molar-refractivity contribution in [1.29, 1.82) is 0 Å². The minimum Gasteiger partial charge on any atom is -0.452 e. The summed E-state index contributed by atoms with van der Waals surface area (Å²) in [4.78, 5) is 25.9. The predicted octanol–water partition coefficient (Wildman–Crippen LogP) is 3.62. The molecule has 0 atom stereocenters. The second-order valence-corrected chi connectivity index (χ2v) is 6.41. The molecule has 0 aliphatic rings. The second-order valence-electron chi connectivity index (χ2n) is 5.55. The topological polar surface area (TPSA) is 58.6 Å². The number of aryl methyl sites for hydroxylation is 1. The first kappa shape index (κ1) is 18.0. The fourth-order valence-electron chi connectivity index (χ4n) is 2.03. The van der Waals surface area contributed by atoms with Gasteiger partial charge in [0.25, 0.3) is 5.91 Å². The molecular formula is C18H19BrN2O3. The van der Waals surface area contributed by atoms with Crippen LogP contribution in [0.4, 0.5) is 11.4 Å². The molecule has 126 valence electrons. The van der Waals surface area contributed by atoms with E-state index in [0.717, 1.165) is 15.7 Å². The highest BCUT2D eigenvalue weighted by Gasteiger charge is 2.12. The van der Waals surface area contributed by atoms with Gasteiger partial charge in [-0.25, -0.2) is 4.79 Å². The molecule has 5 nitrogen and oxygen atoms in total. The highest BCUT2D eigenvalue weighted by molar-refractivity contribution is 9.10. The van der Waals surface area contributed by atoms with Crippen LogP contribution in [0.2, 0.25) is 0 Å². The summed E-state index contributed by atoms with van der Waals surface area (Å²) in [6, 6.07) is 12.6. The third-order valence-electron chi connectivity index (χ3n) is 3.33. The average Bonchev–Trinajstić information content (AvgIpc) is 2.55. The summed E-state index contributed by atoms with van der Waals surface area (Å²) in [5.74, 6) is -0.923. The van der Waals surface area contributed by atoms with Crippen molar-refractivity contribution in [3.05, 3.63) is 58.1 Å². The molecule has 2 aromatic rings. The van der Waals surface area contributed by atoms with Crippen LogP contribution in [0.1, 0.15) is 15.9 Å². The molecule has 0 fully saturated rings. The molecule has 0 saturated heterocycles. The maximum atomic E-state index is 12.1. The number of amides is 1. The summed E-state index contributed by atoms with van der Waals surface area (Å²) >= 11 is 3.39. The first-order valence-corrected chi connectivity index (χ1v) is 8.16. The Kier molecular flexibility index (Phi) is 5.98. The fourth-order valence-corrected chi connectivity index (χ4v) is 2.63. The summed E-state index contributed by atoms with van der Waals surface area (Å²) in [5, 5.41) is 2.70. The van der Waals surface area contributed by atoms with Gasteiger partial charge in [-0.1, -0.05) is 12.1 Å². The molecule has 0 radical (unpaired) electrons. The smallest absolute Gasteiger partial charge is 0.338 e. The molecule has 2 rings (SSSR count). The van der Waals surface area contributed by atoms with Crippen LogP contribution in [-0.4, -0.2) is 32.6 Å². The monoisotopic (exact) mass is 390 g/mol. The molecule has 0 heterocycles. The summed E-state index contributed by atoms with van der Waals surface area (Å²) in [6.07, 6.45) is 0. The number of benzene rings is 2. The molecule has 2 aromatic carbocycles. The van der Waals surface area contributed by atoms with Gasteiger partial charge in [0.05, 0.1) is 11.3 Å². The number of rotatable bonds is 5. The van der Waals surface area contributed by atoms with E-state index in [1.54, 1.807) is 24.3 Å². The molecule has 0 aromatic heterocycles. The zero-order valence-corrected chi connectivity index (χ0v) is 15.4. The van der Waals surface area contributed by atoms with E-state index in [4.69, 9.17) is 4.74 Å². The molecule has 0 saturated carbocycles. The van der Waals surface area contributed by atoms with Crippen LogP contribution >= 0.6 is 15.9 Å². The summed E-state index contributed by atoms with van der Waals surface area (Å²) in [6.45, 7) is 1.62. The predicted molar refractivity (Wildman–Crippen MR) is 98.6 cm³/mol. The molecule has 0 aliphatic carbocycles. The van der Waals surface area contributed by atoms with Crippen molar-refractivity contribution in [1.82, 2.24) is 0 Å². The average molecular weight is 391 g/mol. The fraction of sp³-hybridized carbons (Fsp3) is 0.222. The number of carbonyl (C=O) groups excluding carboxylic acids is 2. The van der Waals surface area contributed by atoms with E-state index in [0.29, 0.717) is 11.3 Å². The lowest BCUT2D eigenvalue weighted by atomic mass is 10.2. The van der Waals surface area contributed by atoms with E-state index in [9.17, 15) is 9.59 Å². The van der Waals surface area contributed by atoms with Crippen LogP contribution in [0.15, 0.2) is 46.9 Å². The third-order valence-corrected chi connectivity index (χ3v) is 3.99. The Labute approximate surface area is 149 Å². The van der Waals surface area contributed by atoms with E-state index in [-0.39, 0.29) is 6.61 Å². The molecule has 6 heteroatoms. The zero-order chi connectivity index (χ0) is 17.7. The minimum atomic E-state index is -0.531. The Hall–Kier alpha value is -2.34. The van der Waals surface area contributed by atoms with Gasteiger partial charge in [-0.2, -0.15) is 0 Å².